The summed E-state index contributed by atoms with van der Waals surface area (Å²) in [7, 11) is 3.52. The van der Waals surface area contributed by atoms with Crippen LogP contribution in [0.1, 0.15) is 18.4 Å². The molecule has 1 aromatic heterocycles. The molecular weight excluding hydrogens is 280 g/mol. The van der Waals surface area contributed by atoms with Gasteiger partial charge in [0.15, 0.2) is 0 Å². The average Bonchev–Trinajstić information content (AvgIpc) is 2.86. The van der Waals surface area contributed by atoms with Crippen LogP contribution in [0, 0.1) is 0 Å². The van der Waals surface area contributed by atoms with Crippen LogP contribution in [0.5, 0.6) is 0 Å². The minimum absolute atomic E-state index is 0.0521. The predicted molar refractivity (Wildman–Crippen MR) is 83.4 cm³/mol. The smallest absolute Gasteiger partial charge is 0.317 e. The number of carbonyl (C=O) groups is 1. The molecule has 0 saturated carbocycles. The molecule has 6 nitrogen and oxygen atoms in total. The number of nitrogens with zero attached hydrogens (tertiary/aromatic N) is 3. The third kappa shape index (κ3) is 3.23. The Labute approximate surface area is 131 Å². The van der Waals surface area contributed by atoms with Gasteiger partial charge in [0.2, 0.25) is 0 Å². The molecule has 2 aliphatic rings. The van der Waals surface area contributed by atoms with Crippen LogP contribution in [0.25, 0.3) is 0 Å². The quantitative estimate of drug-likeness (QED) is 0.908. The van der Waals surface area contributed by atoms with E-state index in [0.717, 1.165) is 32.5 Å². The second-order valence-corrected chi connectivity index (χ2v) is 6.28. The number of ether oxygens (including phenoxy) is 1. The molecule has 1 N–H and O–H groups in total. The number of hydrogen-bond donors (Lipinski definition) is 1. The van der Waals surface area contributed by atoms with Crippen molar-refractivity contribution in [3.8, 4) is 0 Å². The van der Waals surface area contributed by atoms with Gasteiger partial charge in [-0.05, 0) is 30.5 Å². The van der Waals surface area contributed by atoms with Crippen molar-refractivity contribution in [3.05, 3.63) is 30.1 Å². The molecule has 22 heavy (non-hydrogen) atoms. The zero-order chi connectivity index (χ0) is 15.5. The number of rotatable bonds is 3. The molecule has 0 aliphatic carbocycles. The van der Waals surface area contributed by atoms with E-state index in [2.05, 4.69) is 15.2 Å². The molecule has 3 heterocycles. The lowest BCUT2D eigenvalue weighted by molar-refractivity contribution is -0.0207. The molecule has 2 saturated heterocycles. The molecule has 3 rings (SSSR count). The van der Waals surface area contributed by atoms with Crippen LogP contribution < -0.4 is 5.32 Å². The van der Waals surface area contributed by atoms with Crippen LogP contribution in [0.15, 0.2) is 24.5 Å². The molecule has 3 atom stereocenters. The Morgan fingerprint density at radius 2 is 2.23 bits per heavy atom. The highest BCUT2D eigenvalue weighted by atomic mass is 16.5. The van der Waals surface area contributed by atoms with Crippen LogP contribution in [0.2, 0.25) is 0 Å². The second-order valence-electron chi connectivity index (χ2n) is 6.28. The van der Waals surface area contributed by atoms with Crippen molar-refractivity contribution in [1.82, 2.24) is 20.1 Å². The average molecular weight is 304 g/mol. The van der Waals surface area contributed by atoms with Crippen molar-refractivity contribution >= 4 is 6.03 Å². The van der Waals surface area contributed by atoms with Crippen LogP contribution in [-0.2, 0) is 11.3 Å². The zero-order valence-corrected chi connectivity index (χ0v) is 13.2. The number of pyridine rings is 1. The van der Waals surface area contributed by atoms with Gasteiger partial charge in [0, 0.05) is 52.2 Å². The lowest BCUT2D eigenvalue weighted by Gasteiger charge is -2.32. The standard InChI is InChI=1S/C16H24N4O2/c1-19(2)16(21)18-13-11-20(10-12-5-7-17-8-6-12)14-4-3-9-22-15(13)14/h5-8,13-15H,3-4,9-11H2,1-2H3,(H,18,21)/t13-,14+,15+/m1/s1. The number of likely N-dealkylation sites (tertiary alicyclic amines) is 1. The number of fused-ring (bicyclic) bond motifs is 1. The van der Waals surface area contributed by atoms with Gasteiger partial charge in [-0.25, -0.2) is 4.79 Å². The second kappa shape index (κ2) is 6.62. The molecule has 0 aromatic carbocycles. The Morgan fingerprint density at radius 3 is 2.95 bits per heavy atom. The van der Waals surface area contributed by atoms with E-state index < -0.39 is 0 Å². The Hall–Kier alpha value is -1.66. The molecule has 0 radical (unpaired) electrons. The molecule has 2 amide bonds. The first-order valence-electron chi connectivity index (χ1n) is 7.87. The molecule has 0 bridgehead atoms. The molecule has 120 valence electrons. The summed E-state index contributed by atoms with van der Waals surface area (Å²) >= 11 is 0. The van der Waals surface area contributed by atoms with Crippen molar-refractivity contribution in [1.29, 1.82) is 0 Å². The monoisotopic (exact) mass is 304 g/mol. The van der Waals surface area contributed by atoms with Crippen molar-refractivity contribution in [3.63, 3.8) is 0 Å². The number of aromatic nitrogens is 1. The third-order valence-electron chi connectivity index (χ3n) is 4.48. The van der Waals surface area contributed by atoms with Gasteiger partial charge in [0.1, 0.15) is 0 Å². The zero-order valence-electron chi connectivity index (χ0n) is 13.2. The number of urea groups is 1. The van der Waals surface area contributed by atoms with Gasteiger partial charge in [-0.1, -0.05) is 0 Å². The first kappa shape index (κ1) is 15.2. The summed E-state index contributed by atoms with van der Waals surface area (Å²) in [6.07, 6.45) is 5.96. The fraction of sp³-hybridized carbons (Fsp3) is 0.625. The molecule has 2 fully saturated rings. The van der Waals surface area contributed by atoms with Crippen LogP contribution in [0.3, 0.4) is 0 Å². The lowest BCUT2D eigenvalue weighted by Crippen LogP contribution is -2.50. The van der Waals surface area contributed by atoms with Crippen molar-refractivity contribution in [2.75, 3.05) is 27.2 Å². The summed E-state index contributed by atoms with van der Waals surface area (Å²) in [5.74, 6) is 0. The number of nitrogens with one attached hydrogen (secondary N) is 1. The van der Waals surface area contributed by atoms with Gasteiger partial charge in [0.05, 0.1) is 12.1 Å². The summed E-state index contributed by atoms with van der Waals surface area (Å²) < 4.78 is 5.98. The SMILES string of the molecule is CN(C)C(=O)N[C@@H]1CN(Cc2ccncc2)[C@H]2CCCO[C@@H]12. The number of amides is 2. The van der Waals surface area contributed by atoms with E-state index in [1.807, 2.05) is 24.5 Å². The lowest BCUT2D eigenvalue weighted by atomic mass is 10.0. The van der Waals surface area contributed by atoms with Gasteiger partial charge in [0.25, 0.3) is 0 Å². The fourth-order valence-electron chi connectivity index (χ4n) is 3.37. The van der Waals surface area contributed by atoms with E-state index in [0.29, 0.717) is 6.04 Å². The predicted octanol–water partition coefficient (Wildman–Crippen LogP) is 1.08. The van der Waals surface area contributed by atoms with Crippen LogP contribution >= 0.6 is 0 Å². The normalized spacial score (nSPS) is 28.2. The Bertz CT molecular complexity index is 508. The van der Waals surface area contributed by atoms with E-state index in [-0.39, 0.29) is 18.2 Å². The van der Waals surface area contributed by atoms with Gasteiger partial charge in [-0.2, -0.15) is 0 Å². The maximum Gasteiger partial charge on any atom is 0.317 e. The summed E-state index contributed by atoms with van der Waals surface area (Å²) in [6.45, 7) is 2.50. The highest BCUT2D eigenvalue weighted by Gasteiger charge is 2.44. The van der Waals surface area contributed by atoms with E-state index in [9.17, 15) is 4.79 Å². The van der Waals surface area contributed by atoms with Gasteiger partial charge >= 0.3 is 6.03 Å². The number of carbonyl (C=O) groups excluding carboxylic acids is 1. The first-order chi connectivity index (χ1) is 10.6. The fourth-order valence-corrected chi connectivity index (χ4v) is 3.37. The maximum absolute atomic E-state index is 12.0. The number of hydrogen-bond acceptors (Lipinski definition) is 4. The molecule has 6 heteroatoms. The molecule has 1 aromatic rings. The van der Waals surface area contributed by atoms with E-state index in [1.165, 1.54) is 5.56 Å². The summed E-state index contributed by atoms with van der Waals surface area (Å²) in [6, 6.07) is 4.48. The largest absolute Gasteiger partial charge is 0.374 e. The van der Waals surface area contributed by atoms with Gasteiger partial charge < -0.3 is 15.0 Å². The highest BCUT2D eigenvalue weighted by Crippen LogP contribution is 2.30. The van der Waals surface area contributed by atoms with Crippen molar-refractivity contribution < 1.29 is 9.53 Å². The topological polar surface area (TPSA) is 57.7 Å². The third-order valence-corrected chi connectivity index (χ3v) is 4.48. The van der Waals surface area contributed by atoms with Gasteiger partial charge in [-0.3, -0.25) is 9.88 Å². The molecule has 2 aliphatic heterocycles. The minimum atomic E-state index is -0.0521. The summed E-state index contributed by atoms with van der Waals surface area (Å²) in [5, 5.41) is 3.10. The van der Waals surface area contributed by atoms with Crippen LogP contribution in [0.4, 0.5) is 4.79 Å². The Morgan fingerprint density at radius 1 is 1.45 bits per heavy atom. The van der Waals surface area contributed by atoms with Crippen molar-refractivity contribution in [2.45, 2.75) is 37.6 Å². The maximum atomic E-state index is 12.0. The highest BCUT2D eigenvalue weighted by molar-refractivity contribution is 5.74. The molecular formula is C16H24N4O2. The summed E-state index contributed by atoms with van der Waals surface area (Å²) in [4.78, 5) is 20.0. The first-order valence-corrected chi connectivity index (χ1v) is 7.87. The Kier molecular flexibility index (Phi) is 4.59. The van der Waals surface area contributed by atoms with E-state index in [4.69, 9.17) is 4.74 Å². The van der Waals surface area contributed by atoms with Crippen LogP contribution in [-0.4, -0.2) is 66.2 Å². The molecule has 0 unspecified atom stereocenters. The van der Waals surface area contributed by atoms with Crippen molar-refractivity contribution in [2.24, 2.45) is 0 Å². The van der Waals surface area contributed by atoms with Gasteiger partial charge in [-0.15, -0.1) is 0 Å². The van der Waals surface area contributed by atoms with E-state index in [1.54, 1.807) is 19.0 Å². The molecule has 0 spiro atoms. The summed E-state index contributed by atoms with van der Waals surface area (Å²) in [5.41, 5.74) is 1.25. The van der Waals surface area contributed by atoms with E-state index >= 15 is 0 Å². The Balaban J connectivity index is 1.70. The minimum Gasteiger partial charge on any atom is -0.374 e.